The molecule has 72 valence electrons. The van der Waals surface area contributed by atoms with E-state index in [4.69, 9.17) is 5.11 Å². The Bertz CT molecular complexity index is 124. The van der Waals surface area contributed by atoms with E-state index in [1.54, 1.807) is 0 Å². The van der Waals surface area contributed by atoms with E-state index < -0.39 is 12.3 Å². The van der Waals surface area contributed by atoms with E-state index >= 15 is 0 Å². The fourth-order valence-electron chi connectivity index (χ4n) is 1.50. The molecule has 0 saturated carbocycles. The lowest BCUT2D eigenvalue weighted by atomic mass is 9.94. The fourth-order valence-corrected chi connectivity index (χ4v) is 2.70. The average Bonchev–Trinajstić information content (AvgIpc) is 2.06. The van der Waals surface area contributed by atoms with Gasteiger partial charge in [-0.2, -0.15) is 11.8 Å². The van der Waals surface area contributed by atoms with Gasteiger partial charge in [0.15, 0.2) is 0 Å². The van der Waals surface area contributed by atoms with Crippen molar-refractivity contribution in [3.63, 3.8) is 0 Å². The smallest absolute Gasteiger partial charge is 0.126 e. The summed E-state index contributed by atoms with van der Waals surface area (Å²) in [6, 6.07) is 0. The van der Waals surface area contributed by atoms with Gasteiger partial charge in [0, 0.05) is 0 Å². The SMILES string of the molecule is CC(O)C(F)CC1CCSCC1. The van der Waals surface area contributed by atoms with Gasteiger partial charge in [-0.25, -0.2) is 4.39 Å². The molecule has 1 N–H and O–H groups in total. The lowest BCUT2D eigenvalue weighted by Crippen LogP contribution is -2.23. The van der Waals surface area contributed by atoms with Gasteiger partial charge >= 0.3 is 0 Å². The first-order valence-electron chi connectivity index (χ1n) is 4.60. The summed E-state index contributed by atoms with van der Waals surface area (Å²) in [7, 11) is 0. The summed E-state index contributed by atoms with van der Waals surface area (Å²) >= 11 is 1.95. The maximum atomic E-state index is 13.1. The maximum Gasteiger partial charge on any atom is 0.126 e. The zero-order chi connectivity index (χ0) is 8.97. The highest BCUT2D eigenvalue weighted by Gasteiger charge is 2.21. The van der Waals surface area contributed by atoms with Gasteiger partial charge in [0.05, 0.1) is 6.10 Å². The molecule has 3 heteroatoms. The molecule has 2 unspecified atom stereocenters. The Morgan fingerprint density at radius 3 is 2.58 bits per heavy atom. The number of alkyl halides is 1. The van der Waals surface area contributed by atoms with Crippen LogP contribution in [0.4, 0.5) is 4.39 Å². The summed E-state index contributed by atoms with van der Waals surface area (Å²) in [5.74, 6) is 2.84. The van der Waals surface area contributed by atoms with Crippen LogP contribution in [0.2, 0.25) is 0 Å². The molecule has 0 aliphatic carbocycles. The third-order valence-electron chi connectivity index (χ3n) is 2.42. The Morgan fingerprint density at radius 2 is 2.08 bits per heavy atom. The third kappa shape index (κ3) is 3.31. The number of hydrogen-bond donors (Lipinski definition) is 1. The number of rotatable bonds is 3. The van der Waals surface area contributed by atoms with Crippen LogP contribution >= 0.6 is 11.8 Å². The van der Waals surface area contributed by atoms with E-state index in [-0.39, 0.29) is 0 Å². The van der Waals surface area contributed by atoms with Gasteiger partial charge in [0.1, 0.15) is 6.17 Å². The van der Waals surface area contributed by atoms with Crippen LogP contribution in [-0.2, 0) is 0 Å². The summed E-state index contributed by atoms with van der Waals surface area (Å²) in [5, 5.41) is 8.97. The van der Waals surface area contributed by atoms with Crippen molar-refractivity contribution in [3.05, 3.63) is 0 Å². The van der Waals surface area contributed by atoms with Crippen molar-refractivity contribution in [1.82, 2.24) is 0 Å². The second kappa shape index (κ2) is 5.07. The molecule has 1 fully saturated rings. The molecule has 0 amide bonds. The van der Waals surface area contributed by atoms with Crippen LogP contribution in [0, 0.1) is 5.92 Å². The standard InChI is InChI=1S/C9H17FOS/c1-7(11)9(10)6-8-2-4-12-5-3-8/h7-9,11H,2-6H2,1H3. The molecular weight excluding hydrogens is 175 g/mol. The lowest BCUT2D eigenvalue weighted by Gasteiger charge is -2.23. The molecule has 0 bridgehead atoms. The minimum absolute atomic E-state index is 0.510. The molecule has 0 aromatic carbocycles. The van der Waals surface area contributed by atoms with Crippen LogP contribution in [0.15, 0.2) is 0 Å². The lowest BCUT2D eigenvalue weighted by molar-refractivity contribution is 0.0753. The van der Waals surface area contributed by atoms with Crippen LogP contribution in [-0.4, -0.2) is 28.9 Å². The zero-order valence-electron chi connectivity index (χ0n) is 7.50. The molecule has 1 aliphatic heterocycles. The molecule has 2 atom stereocenters. The monoisotopic (exact) mass is 192 g/mol. The van der Waals surface area contributed by atoms with Crippen molar-refractivity contribution in [3.8, 4) is 0 Å². The molecule has 1 aliphatic rings. The molecule has 0 aromatic heterocycles. The van der Waals surface area contributed by atoms with Gasteiger partial charge < -0.3 is 5.11 Å². The molecule has 12 heavy (non-hydrogen) atoms. The summed E-state index contributed by atoms with van der Waals surface area (Å²) in [6.07, 6.45) is 0.992. The largest absolute Gasteiger partial charge is 0.390 e. The van der Waals surface area contributed by atoms with Gasteiger partial charge in [0.2, 0.25) is 0 Å². The normalized spacial score (nSPS) is 25.2. The van der Waals surface area contributed by atoms with Gasteiger partial charge in [-0.3, -0.25) is 0 Å². The van der Waals surface area contributed by atoms with Crippen molar-refractivity contribution in [2.45, 2.75) is 38.5 Å². The van der Waals surface area contributed by atoms with E-state index in [0.29, 0.717) is 12.3 Å². The maximum absolute atomic E-state index is 13.1. The van der Waals surface area contributed by atoms with E-state index in [1.165, 1.54) is 6.92 Å². The molecular formula is C9H17FOS. The van der Waals surface area contributed by atoms with Crippen LogP contribution in [0.3, 0.4) is 0 Å². The Morgan fingerprint density at radius 1 is 1.50 bits per heavy atom. The fraction of sp³-hybridized carbons (Fsp3) is 1.00. The van der Waals surface area contributed by atoms with E-state index in [2.05, 4.69) is 0 Å². The van der Waals surface area contributed by atoms with Crippen molar-refractivity contribution in [2.75, 3.05) is 11.5 Å². The van der Waals surface area contributed by atoms with Crippen molar-refractivity contribution >= 4 is 11.8 Å². The second-order valence-corrected chi connectivity index (χ2v) is 4.77. The highest BCUT2D eigenvalue weighted by molar-refractivity contribution is 7.99. The molecule has 0 radical (unpaired) electrons. The molecule has 0 aromatic rings. The molecule has 0 spiro atoms. The Balaban J connectivity index is 2.20. The van der Waals surface area contributed by atoms with E-state index in [9.17, 15) is 4.39 Å². The first-order valence-corrected chi connectivity index (χ1v) is 5.75. The molecule has 1 saturated heterocycles. The van der Waals surface area contributed by atoms with Gasteiger partial charge in [-0.15, -0.1) is 0 Å². The quantitative estimate of drug-likeness (QED) is 0.740. The zero-order valence-corrected chi connectivity index (χ0v) is 8.32. The predicted octanol–water partition coefficient (Wildman–Crippen LogP) is 2.24. The summed E-state index contributed by atoms with van der Waals surface area (Å²) in [4.78, 5) is 0. The number of halogens is 1. The summed E-state index contributed by atoms with van der Waals surface area (Å²) in [5.41, 5.74) is 0. The third-order valence-corrected chi connectivity index (χ3v) is 3.47. The van der Waals surface area contributed by atoms with Crippen LogP contribution in [0.25, 0.3) is 0 Å². The Hall–Kier alpha value is 0.240. The van der Waals surface area contributed by atoms with Crippen molar-refractivity contribution in [1.29, 1.82) is 0 Å². The summed E-state index contributed by atoms with van der Waals surface area (Å²) < 4.78 is 13.1. The Labute approximate surface area is 77.7 Å². The summed E-state index contributed by atoms with van der Waals surface area (Å²) in [6.45, 7) is 1.53. The van der Waals surface area contributed by atoms with Crippen molar-refractivity contribution < 1.29 is 9.50 Å². The second-order valence-electron chi connectivity index (χ2n) is 3.55. The number of hydrogen-bond acceptors (Lipinski definition) is 2. The number of aliphatic hydroxyl groups is 1. The van der Waals surface area contributed by atoms with E-state index in [0.717, 1.165) is 24.3 Å². The predicted molar refractivity (Wildman–Crippen MR) is 51.2 cm³/mol. The number of aliphatic hydroxyl groups excluding tert-OH is 1. The average molecular weight is 192 g/mol. The molecule has 1 rings (SSSR count). The highest BCUT2D eigenvalue weighted by atomic mass is 32.2. The number of thioether (sulfide) groups is 1. The van der Waals surface area contributed by atoms with Gasteiger partial charge in [0.25, 0.3) is 0 Å². The van der Waals surface area contributed by atoms with Crippen LogP contribution < -0.4 is 0 Å². The molecule has 1 nitrogen and oxygen atoms in total. The minimum atomic E-state index is -1.02. The Kier molecular flexibility index (Phi) is 4.36. The highest BCUT2D eigenvalue weighted by Crippen LogP contribution is 2.27. The first kappa shape index (κ1) is 10.3. The topological polar surface area (TPSA) is 20.2 Å². The minimum Gasteiger partial charge on any atom is -0.390 e. The van der Waals surface area contributed by atoms with Gasteiger partial charge in [-0.05, 0) is 43.6 Å². The van der Waals surface area contributed by atoms with Gasteiger partial charge in [-0.1, -0.05) is 0 Å². The first-order chi connectivity index (χ1) is 5.70. The van der Waals surface area contributed by atoms with Crippen LogP contribution in [0.5, 0.6) is 0 Å². The van der Waals surface area contributed by atoms with Crippen LogP contribution in [0.1, 0.15) is 26.2 Å². The van der Waals surface area contributed by atoms with E-state index in [1.807, 2.05) is 11.8 Å². The molecule has 1 heterocycles. The van der Waals surface area contributed by atoms with Crippen molar-refractivity contribution in [2.24, 2.45) is 5.92 Å².